The number of alkyl halides is 2. The first-order chi connectivity index (χ1) is 27.6. The number of halogens is 2. The van der Waals surface area contributed by atoms with Gasteiger partial charge in [0.1, 0.15) is 11.6 Å². The largest absolute Gasteiger partial charge is 0.370 e. The minimum Gasteiger partial charge on any atom is -0.370 e. The highest BCUT2D eigenvalue weighted by atomic mass is 19.3. The van der Waals surface area contributed by atoms with Crippen LogP contribution in [0.15, 0.2) is 53.8 Å². The Morgan fingerprint density at radius 2 is 1.75 bits per heavy atom. The molecular weight excluding hydrogens is 737 g/mol. The molecule has 1 aliphatic carbocycles. The number of benzene rings is 1. The number of para-hydroxylation sites is 1. The SMILES string of the molecule is Cn1c(=O)n(C2CCC(=O)NC2=O)c2cccc(N3CCC4(CCN(CC5CCC(n6cc(NC(=O)c7cnn8cccnc78)c(C(F)F)n6)CC5)CC4)CC3)c21. The van der Waals surface area contributed by atoms with Gasteiger partial charge in [-0.3, -0.25) is 33.5 Å². The molecule has 3 amide bonds. The van der Waals surface area contributed by atoms with Gasteiger partial charge in [-0.15, -0.1) is 0 Å². The Bertz CT molecular complexity index is 2390. The highest BCUT2D eigenvalue weighted by Gasteiger charge is 2.39. The normalized spacial score (nSPS) is 23.2. The molecule has 0 radical (unpaired) electrons. The van der Waals surface area contributed by atoms with E-state index < -0.39 is 30.0 Å². The molecule has 0 bridgehead atoms. The van der Waals surface area contributed by atoms with Crippen molar-refractivity contribution in [3.8, 4) is 0 Å². The lowest BCUT2D eigenvalue weighted by molar-refractivity contribution is -0.135. The van der Waals surface area contributed by atoms with Gasteiger partial charge >= 0.3 is 5.69 Å². The average molecular weight is 784 g/mol. The second kappa shape index (κ2) is 14.8. The highest BCUT2D eigenvalue weighted by Crippen LogP contribution is 2.44. The fourth-order valence-electron chi connectivity index (χ4n) is 9.82. The van der Waals surface area contributed by atoms with Crippen LogP contribution in [-0.4, -0.2) is 88.9 Å². The van der Waals surface area contributed by atoms with Crippen LogP contribution in [-0.2, 0) is 16.6 Å². The second-order valence-electron chi connectivity index (χ2n) is 16.4. The van der Waals surface area contributed by atoms with Crippen molar-refractivity contribution in [3.05, 3.63) is 70.8 Å². The first-order valence-corrected chi connectivity index (χ1v) is 20.1. The molecule has 9 rings (SSSR count). The predicted molar refractivity (Wildman–Crippen MR) is 207 cm³/mol. The molecule has 1 spiro atoms. The number of imide groups is 1. The molecule has 5 aromatic rings. The van der Waals surface area contributed by atoms with Crippen molar-refractivity contribution >= 4 is 45.8 Å². The molecule has 17 heteroatoms. The van der Waals surface area contributed by atoms with Crippen LogP contribution in [0.2, 0.25) is 0 Å². The first kappa shape index (κ1) is 37.1. The summed E-state index contributed by atoms with van der Waals surface area (Å²) < 4.78 is 34.4. The summed E-state index contributed by atoms with van der Waals surface area (Å²) in [6.45, 7) is 4.93. The van der Waals surface area contributed by atoms with Crippen molar-refractivity contribution in [2.45, 2.75) is 82.7 Å². The van der Waals surface area contributed by atoms with Gasteiger partial charge in [0.05, 0.1) is 34.6 Å². The lowest BCUT2D eigenvalue weighted by Crippen LogP contribution is -2.48. The van der Waals surface area contributed by atoms with E-state index in [0.29, 0.717) is 28.9 Å². The van der Waals surface area contributed by atoms with Gasteiger partial charge in [0.25, 0.3) is 12.3 Å². The lowest BCUT2D eigenvalue weighted by atomic mass is 9.71. The number of imidazole rings is 1. The zero-order chi connectivity index (χ0) is 39.4. The molecule has 1 unspecified atom stereocenters. The first-order valence-electron chi connectivity index (χ1n) is 20.1. The third kappa shape index (κ3) is 6.89. The molecule has 3 aliphatic heterocycles. The Kier molecular flexibility index (Phi) is 9.65. The van der Waals surface area contributed by atoms with E-state index in [1.165, 1.54) is 16.9 Å². The lowest BCUT2D eigenvalue weighted by Gasteiger charge is -2.48. The van der Waals surface area contributed by atoms with Crippen molar-refractivity contribution in [2.24, 2.45) is 18.4 Å². The quantitative estimate of drug-likeness (QED) is 0.210. The van der Waals surface area contributed by atoms with Gasteiger partial charge in [-0.25, -0.2) is 23.1 Å². The number of amides is 3. The number of rotatable bonds is 8. The van der Waals surface area contributed by atoms with Gasteiger partial charge in [-0.05, 0) is 100 Å². The number of carbonyl (C=O) groups is 3. The minimum atomic E-state index is -2.83. The summed E-state index contributed by atoms with van der Waals surface area (Å²) in [6, 6.07) is 6.87. The third-order valence-electron chi connectivity index (χ3n) is 13.1. The Morgan fingerprint density at radius 3 is 2.49 bits per heavy atom. The summed E-state index contributed by atoms with van der Waals surface area (Å²) in [7, 11) is 1.76. The molecule has 4 aliphatic rings. The molecule has 300 valence electrons. The molecule has 1 atom stereocenters. The standard InChI is InChI=1S/C40H47F2N11O4/c1-48-34-29(4-2-5-30(34)53(39(48)57)31-10-11-32(54)46-38(31)56)50-20-14-40(15-21-50)12-18-49(19-13-40)23-25-6-8-26(9-7-25)52-24-28(33(47-52)35(41)42)45-37(55)27-22-44-51-17-3-16-43-36(27)51/h2-5,16-17,22,24-26,31,35H,6-15,18-21,23H2,1H3,(H,45,55)(H,46,54,56). The summed E-state index contributed by atoms with van der Waals surface area (Å²) >= 11 is 0. The maximum atomic E-state index is 14.1. The van der Waals surface area contributed by atoms with Crippen molar-refractivity contribution in [2.75, 3.05) is 42.9 Å². The Balaban J connectivity index is 0.778. The summed E-state index contributed by atoms with van der Waals surface area (Å²) in [6.07, 6.45) is 11.9. The molecule has 15 nitrogen and oxygen atoms in total. The van der Waals surface area contributed by atoms with Crippen LogP contribution in [0.25, 0.3) is 16.7 Å². The molecule has 4 fully saturated rings. The fourth-order valence-corrected chi connectivity index (χ4v) is 9.82. The summed E-state index contributed by atoms with van der Waals surface area (Å²) in [5.74, 6) is -0.764. The minimum absolute atomic E-state index is 0.00650. The van der Waals surface area contributed by atoms with Crippen LogP contribution in [0.4, 0.5) is 20.2 Å². The average Bonchev–Trinajstić information content (AvgIpc) is 3.91. The van der Waals surface area contributed by atoms with E-state index in [9.17, 15) is 28.0 Å². The number of nitrogens with zero attached hydrogens (tertiary/aromatic N) is 9. The number of carbonyl (C=O) groups excluding carboxylic acids is 3. The monoisotopic (exact) mass is 783 g/mol. The van der Waals surface area contributed by atoms with Gasteiger partial charge in [-0.2, -0.15) is 10.2 Å². The van der Waals surface area contributed by atoms with E-state index in [-0.39, 0.29) is 35.3 Å². The Hall–Kier alpha value is -5.45. The molecule has 7 heterocycles. The van der Waals surface area contributed by atoms with Crippen LogP contribution in [0.5, 0.6) is 0 Å². The van der Waals surface area contributed by atoms with E-state index >= 15 is 0 Å². The number of aromatic nitrogens is 7. The van der Waals surface area contributed by atoms with E-state index in [1.54, 1.807) is 39.3 Å². The fraction of sp³-hybridized carbons (Fsp3) is 0.525. The number of hydrogen-bond acceptors (Lipinski definition) is 9. The Labute approximate surface area is 327 Å². The number of piperidine rings is 3. The Morgan fingerprint density at radius 1 is 1.00 bits per heavy atom. The van der Waals surface area contributed by atoms with Gasteiger partial charge < -0.3 is 15.1 Å². The number of aryl methyl sites for hydroxylation is 1. The van der Waals surface area contributed by atoms with E-state index in [2.05, 4.69) is 41.7 Å². The number of nitrogens with one attached hydrogen (secondary N) is 2. The van der Waals surface area contributed by atoms with Crippen molar-refractivity contribution in [1.29, 1.82) is 0 Å². The van der Waals surface area contributed by atoms with Crippen molar-refractivity contribution in [3.63, 3.8) is 0 Å². The van der Waals surface area contributed by atoms with Crippen molar-refractivity contribution < 1.29 is 23.2 Å². The summed E-state index contributed by atoms with van der Waals surface area (Å²) in [5.41, 5.74) is 2.69. The third-order valence-corrected chi connectivity index (χ3v) is 13.1. The second-order valence-corrected chi connectivity index (χ2v) is 16.4. The topological polar surface area (TPSA) is 157 Å². The van der Waals surface area contributed by atoms with Gasteiger partial charge in [0.2, 0.25) is 11.8 Å². The smallest absolute Gasteiger partial charge is 0.329 e. The molecule has 1 saturated carbocycles. The zero-order valence-corrected chi connectivity index (χ0v) is 31.9. The summed E-state index contributed by atoms with van der Waals surface area (Å²) in [4.78, 5) is 60.2. The maximum absolute atomic E-state index is 14.1. The van der Waals surface area contributed by atoms with E-state index in [4.69, 9.17) is 0 Å². The van der Waals surface area contributed by atoms with Crippen LogP contribution in [0.3, 0.4) is 0 Å². The van der Waals surface area contributed by atoms with E-state index in [0.717, 1.165) is 95.3 Å². The van der Waals surface area contributed by atoms with E-state index in [1.807, 2.05) is 12.1 Å². The van der Waals surface area contributed by atoms with Gasteiger partial charge in [-0.1, -0.05) is 6.07 Å². The molecule has 57 heavy (non-hydrogen) atoms. The zero-order valence-electron chi connectivity index (χ0n) is 31.9. The molecular formula is C40H47F2N11O4. The molecule has 2 N–H and O–H groups in total. The van der Waals surface area contributed by atoms with Crippen LogP contribution in [0, 0.1) is 11.3 Å². The van der Waals surface area contributed by atoms with Crippen LogP contribution < -0.4 is 21.2 Å². The van der Waals surface area contributed by atoms with Gasteiger partial charge in [0, 0.05) is 51.7 Å². The van der Waals surface area contributed by atoms with Crippen LogP contribution >= 0.6 is 0 Å². The van der Waals surface area contributed by atoms with Gasteiger partial charge in [0.15, 0.2) is 11.3 Å². The number of fused-ring (bicyclic) bond motifs is 2. The van der Waals surface area contributed by atoms with Crippen molar-refractivity contribution in [1.82, 2.24) is 43.7 Å². The predicted octanol–water partition coefficient (Wildman–Crippen LogP) is 4.86. The number of likely N-dealkylation sites (tertiary alicyclic amines) is 1. The maximum Gasteiger partial charge on any atom is 0.329 e. The molecule has 4 aromatic heterocycles. The highest BCUT2D eigenvalue weighted by molar-refractivity contribution is 6.08. The molecule has 3 saturated heterocycles. The number of hydrogen-bond donors (Lipinski definition) is 2. The molecule has 1 aromatic carbocycles. The number of anilines is 2. The summed E-state index contributed by atoms with van der Waals surface area (Å²) in [5, 5.41) is 13.4. The van der Waals surface area contributed by atoms with Crippen LogP contribution in [0.1, 0.15) is 98.8 Å².